The lowest BCUT2D eigenvalue weighted by molar-refractivity contribution is -0.137. The summed E-state index contributed by atoms with van der Waals surface area (Å²) in [7, 11) is 0. The first-order valence-corrected chi connectivity index (χ1v) is 6.48. The zero-order valence-electron chi connectivity index (χ0n) is 11.1. The molecule has 1 aliphatic rings. The van der Waals surface area contributed by atoms with E-state index < -0.39 is 23.8 Å². The normalized spacial score (nSPS) is 16.8. The van der Waals surface area contributed by atoms with E-state index in [1.165, 1.54) is 17.0 Å². The second-order valence-corrected chi connectivity index (χ2v) is 4.99. The van der Waals surface area contributed by atoms with E-state index in [0.29, 0.717) is 12.8 Å². The number of likely N-dealkylation sites (tertiary alicyclic amines) is 1. The molecule has 0 aliphatic carbocycles. The Labute approximate surface area is 119 Å². The van der Waals surface area contributed by atoms with Gasteiger partial charge >= 0.3 is 12.3 Å². The van der Waals surface area contributed by atoms with Gasteiger partial charge in [0.2, 0.25) is 0 Å². The van der Waals surface area contributed by atoms with E-state index in [9.17, 15) is 22.8 Å². The highest BCUT2D eigenvalue weighted by molar-refractivity contribution is 5.98. The first kappa shape index (κ1) is 15.3. The summed E-state index contributed by atoms with van der Waals surface area (Å²) in [5.41, 5.74) is -0.824. The Kier molecular flexibility index (Phi) is 4.20. The molecule has 0 unspecified atom stereocenters. The number of carbonyl (C=O) groups is 2. The highest BCUT2D eigenvalue weighted by atomic mass is 19.4. The van der Waals surface area contributed by atoms with Gasteiger partial charge in [-0.1, -0.05) is 12.1 Å². The monoisotopic (exact) mass is 301 g/mol. The fourth-order valence-electron chi connectivity index (χ4n) is 2.42. The zero-order chi connectivity index (χ0) is 15.6. The Morgan fingerprint density at radius 2 is 1.81 bits per heavy atom. The molecular formula is C14H14F3NO3. The quantitative estimate of drug-likeness (QED) is 0.853. The maximum atomic E-state index is 12.6. The molecule has 0 aromatic heterocycles. The van der Waals surface area contributed by atoms with E-state index in [1.54, 1.807) is 0 Å². The van der Waals surface area contributed by atoms with Crippen LogP contribution in [-0.2, 0) is 6.18 Å². The van der Waals surface area contributed by atoms with Crippen LogP contribution in [0.25, 0.3) is 0 Å². The molecule has 1 fully saturated rings. The molecule has 1 aromatic carbocycles. The van der Waals surface area contributed by atoms with Crippen LogP contribution in [0, 0.1) is 5.92 Å². The minimum Gasteiger partial charge on any atom is -0.465 e. The van der Waals surface area contributed by atoms with Gasteiger partial charge in [0.1, 0.15) is 0 Å². The average molecular weight is 301 g/mol. The number of halogens is 3. The third kappa shape index (κ3) is 3.53. The number of carbonyl (C=O) groups excluding carboxylic acids is 1. The lowest BCUT2D eigenvalue weighted by atomic mass is 9.88. The van der Waals surface area contributed by atoms with Gasteiger partial charge in [-0.2, -0.15) is 13.2 Å². The summed E-state index contributed by atoms with van der Waals surface area (Å²) in [6, 6.07) is 4.35. The largest absolute Gasteiger partial charge is 0.465 e. The number of rotatable bonds is 2. The van der Waals surface area contributed by atoms with E-state index in [4.69, 9.17) is 5.11 Å². The van der Waals surface area contributed by atoms with Gasteiger partial charge in [0.25, 0.3) is 0 Å². The molecule has 1 aromatic rings. The summed E-state index contributed by atoms with van der Waals surface area (Å²) in [4.78, 5) is 24.2. The summed E-state index contributed by atoms with van der Waals surface area (Å²) in [6.07, 6.45) is -4.86. The molecule has 1 aliphatic heterocycles. The maximum absolute atomic E-state index is 12.6. The lowest BCUT2D eigenvalue weighted by Crippen LogP contribution is -2.39. The highest BCUT2D eigenvalue weighted by Gasteiger charge is 2.32. The average Bonchev–Trinajstić information content (AvgIpc) is 2.46. The van der Waals surface area contributed by atoms with Gasteiger partial charge in [0.15, 0.2) is 5.78 Å². The topological polar surface area (TPSA) is 57.6 Å². The van der Waals surface area contributed by atoms with Crippen LogP contribution < -0.4 is 0 Å². The van der Waals surface area contributed by atoms with Crippen molar-refractivity contribution >= 4 is 11.9 Å². The maximum Gasteiger partial charge on any atom is 0.416 e. The standard InChI is InChI=1S/C14H14F3NO3/c15-14(16,17)11-3-1-2-10(8-11)12(19)9-4-6-18(7-5-9)13(20)21/h1-3,8-9H,4-7H2,(H,20,21). The van der Waals surface area contributed by atoms with Gasteiger partial charge in [0, 0.05) is 24.6 Å². The van der Waals surface area contributed by atoms with Crippen molar-refractivity contribution in [3.05, 3.63) is 35.4 Å². The van der Waals surface area contributed by atoms with Gasteiger partial charge in [-0.05, 0) is 25.0 Å². The van der Waals surface area contributed by atoms with Crippen molar-refractivity contribution in [2.45, 2.75) is 19.0 Å². The smallest absolute Gasteiger partial charge is 0.416 e. The van der Waals surface area contributed by atoms with Gasteiger partial charge in [-0.25, -0.2) is 4.79 Å². The number of carboxylic acid groups (broad SMARTS) is 1. The van der Waals surface area contributed by atoms with Gasteiger partial charge in [0.05, 0.1) is 5.56 Å². The third-order valence-corrected chi connectivity index (χ3v) is 3.61. The third-order valence-electron chi connectivity index (χ3n) is 3.61. The minimum absolute atomic E-state index is 0.0265. The number of amides is 1. The van der Waals surface area contributed by atoms with Crippen molar-refractivity contribution in [2.75, 3.05) is 13.1 Å². The Balaban J connectivity index is 2.09. The number of ketones is 1. The molecule has 0 radical (unpaired) electrons. The Morgan fingerprint density at radius 1 is 1.19 bits per heavy atom. The van der Waals surface area contributed by atoms with Gasteiger partial charge in [-0.3, -0.25) is 4.79 Å². The van der Waals surface area contributed by atoms with Crippen LogP contribution in [0.4, 0.5) is 18.0 Å². The number of piperidine rings is 1. The van der Waals surface area contributed by atoms with Crippen molar-refractivity contribution in [2.24, 2.45) is 5.92 Å². The minimum atomic E-state index is -4.48. The molecule has 21 heavy (non-hydrogen) atoms. The molecule has 4 nitrogen and oxygen atoms in total. The number of Topliss-reactive ketones (excluding diaryl/α,β-unsaturated/α-hetero) is 1. The van der Waals surface area contributed by atoms with Crippen molar-refractivity contribution in [3.63, 3.8) is 0 Å². The molecule has 0 bridgehead atoms. The molecule has 1 N–H and O–H groups in total. The Morgan fingerprint density at radius 3 is 2.33 bits per heavy atom. The van der Waals surface area contributed by atoms with Crippen LogP contribution in [0.2, 0.25) is 0 Å². The van der Waals surface area contributed by atoms with E-state index in [2.05, 4.69) is 0 Å². The van der Waals surface area contributed by atoms with Gasteiger partial charge < -0.3 is 10.0 Å². The first-order chi connectivity index (χ1) is 9.79. The SMILES string of the molecule is O=C(c1cccc(C(F)(F)F)c1)C1CCN(C(=O)O)CC1. The molecule has 0 atom stereocenters. The summed E-state index contributed by atoms with van der Waals surface area (Å²) in [5.74, 6) is -0.782. The predicted octanol–water partition coefficient (Wildman–Crippen LogP) is 3.28. The van der Waals surface area contributed by atoms with E-state index in [1.807, 2.05) is 0 Å². The molecule has 1 saturated heterocycles. The van der Waals surface area contributed by atoms with Crippen LogP contribution in [0.5, 0.6) is 0 Å². The van der Waals surface area contributed by atoms with Crippen molar-refractivity contribution in [3.8, 4) is 0 Å². The Hall–Kier alpha value is -2.05. The lowest BCUT2D eigenvalue weighted by Gasteiger charge is -2.29. The number of alkyl halides is 3. The summed E-state index contributed by atoms with van der Waals surface area (Å²) >= 11 is 0. The van der Waals surface area contributed by atoms with Crippen molar-refractivity contribution < 1.29 is 27.9 Å². The number of hydrogen-bond donors (Lipinski definition) is 1. The Bertz CT molecular complexity index is 549. The second-order valence-electron chi connectivity index (χ2n) is 4.99. The molecule has 0 saturated carbocycles. The van der Waals surface area contributed by atoms with E-state index in [0.717, 1.165) is 12.1 Å². The predicted molar refractivity (Wildman–Crippen MR) is 68.1 cm³/mol. The molecule has 1 heterocycles. The number of benzene rings is 1. The molecule has 0 spiro atoms. The second kappa shape index (κ2) is 5.75. The molecule has 7 heteroatoms. The van der Waals surface area contributed by atoms with Crippen LogP contribution in [0.1, 0.15) is 28.8 Å². The highest BCUT2D eigenvalue weighted by Crippen LogP contribution is 2.30. The molecule has 2 rings (SSSR count). The van der Waals surface area contributed by atoms with Gasteiger partial charge in [-0.15, -0.1) is 0 Å². The summed E-state index contributed by atoms with van der Waals surface area (Å²) in [6.45, 7) is 0.454. The van der Waals surface area contributed by atoms with E-state index in [-0.39, 0.29) is 24.4 Å². The van der Waals surface area contributed by atoms with Crippen LogP contribution in [-0.4, -0.2) is 35.0 Å². The number of nitrogens with zero attached hydrogens (tertiary/aromatic N) is 1. The fraction of sp³-hybridized carbons (Fsp3) is 0.429. The fourth-order valence-corrected chi connectivity index (χ4v) is 2.42. The van der Waals surface area contributed by atoms with Crippen LogP contribution in [0.3, 0.4) is 0 Å². The van der Waals surface area contributed by atoms with E-state index >= 15 is 0 Å². The number of hydrogen-bond acceptors (Lipinski definition) is 2. The molecule has 114 valence electrons. The summed E-state index contributed by atoms with van der Waals surface area (Å²) in [5, 5.41) is 8.82. The van der Waals surface area contributed by atoms with Crippen molar-refractivity contribution in [1.82, 2.24) is 4.90 Å². The first-order valence-electron chi connectivity index (χ1n) is 6.48. The van der Waals surface area contributed by atoms with Crippen molar-refractivity contribution in [1.29, 1.82) is 0 Å². The molecular weight excluding hydrogens is 287 g/mol. The molecule has 1 amide bonds. The van der Waals surface area contributed by atoms with Crippen LogP contribution >= 0.6 is 0 Å². The summed E-state index contributed by atoms with van der Waals surface area (Å²) < 4.78 is 37.9. The van der Waals surface area contributed by atoms with Crippen LogP contribution in [0.15, 0.2) is 24.3 Å². The zero-order valence-corrected chi connectivity index (χ0v) is 11.1.